The van der Waals surface area contributed by atoms with Gasteiger partial charge >= 0.3 is 0 Å². The molecule has 0 amide bonds. The first kappa shape index (κ1) is 30.2. The average molecular weight is 655 g/mol. The maximum Gasteiger partial charge on any atom is 0.206 e. The van der Waals surface area contributed by atoms with Gasteiger partial charge in [-0.15, -0.1) is 0 Å². The molecule has 0 aromatic heterocycles. The van der Waals surface area contributed by atoms with Crippen LogP contribution in [0.1, 0.15) is 0 Å². The van der Waals surface area contributed by atoms with E-state index in [-0.39, 0.29) is 21.3 Å². The highest BCUT2D eigenvalue weighted by atomic mass is 32.2. The topological polar surface area (TPSA) is 74.6 Å². The SMILES string of the molecule is O=S(=O)(c1ccc(O)c(-c2ccc(-c3ccccc3)c3ccccc23)c1)c1ccc(O)c(-c2ccc(-c3ccccc3)c3ccccc23)c1. The minimum Gasteiger partial charge on any atom is -0.507 e. The molecule has 8 aromatic rings. The van der Waals surface area contributed by atoms with E-state index in [0.717, 1.165) is 54.9 Å². The second kappa shape index (κ2) is 12.1. The third kappa shape index (κ3) is 5.31. The fourth-order valence-corrected chi connectivity index (χ4v) is 8.05. The van der Waals surface area contributed by atoms with Gasteiger partial charge in [0, 0.05) is 11.1 Å². The molecule has 0 atom stereocenters. The highest BCUT2D eigenvalue weighted by Gasteiger charge is 2.23. The number of aromatic hydroxyl groups is 2. The Kier molecular flexibility index (Phi) is 7.47. The van der Waals surface area contributed by atoms with Gasteiger partial charge in [0.1, 0.15) is 11.5 Å². The lowest BCUT2D eigenvalue weighted by Crippen LogP contribution is -2.03. The lowest BCUT2D eigenvalue weighted by molar-refractivity contribution is 0.476. The van der Waals surface area contributed by atoms with Gasteiger partial charge in [0.15, 0.2) is 0 Å². The van der Waals surface area contributed by atoms with Crippen LogP contribution in [0.25, 0.3) is 66.1 Å². The number of phenols is 2. The van der Waals surface area contributed by atoms with Gasteiger partial charge in [-0.2, -0.15) is 0 Å². The predicted molar refractivity (Wildman–Crippen MR) is 198 cm³/mol. The zero-order valence-corrected chi connectivity index (χ0v) is 27.1. The van der Waals surface area contributed by atoms with Crippen molar-refractivity contribution in [3.63, 3.8) is 0 Å². The van der Waals surface area contributed by atoms with Crippen molar-refractivity contribution in [3.05, 3.63) is 170 Å². The molecule has 8 aromatic carbocycles. The maximum atomic E-state index is 14.3. The lowest BCUT2D eigenvalue weighted by Gasteiger charge is -2.16. The van der Waals surface area contributed by atoms with Crippen molar-refractivity contribution in [3.8, 4) is 56.0 Å². The van der Waals surface area contributed by atoms with Crippen molar-refractivity contribution < 1.29 is 18.6 Å². The molecule has 0 heterocycles. The lowest BCUT2D eigenvalue weighted by atomic mass is 9.92. The van der Waals surface area contributed by atoms with Gasteiger partial charge < -0.3 is 10.2 Å². The van der Waals surface area contributed by atoms with Crippen LogP contribution in [0.5, 0.6) is 11.5 Å². The van der Waals surface area contributed by atoms with Crippen molar-refractivity contribution in [1.82, 2.24) is 0 Å². The third-order valence-electron chi connectivity index (χ3n) is 9.15. The van der Waals surface area contributed by atoms with Crippen LogP contribution in [-0.4, -0.2) is 18.6 Å². The second-order valence-corrected chi connectivity index (χ2v) is 14.0. The Balaban J connectivity index is 1.24. The molecule has 8 rings (SSSR count). The summed E-state index contributed by atoms with van der Waals surface area (Å²) in [4.78, 5) is 0.0786. The number of sulfone groups is 1. The molecule has 0 unspecified atom stereocenters. The third-order valence-corrected chi connectivity index (χ3v) is 10.9. The first-order valence-electron chi connectivity index (χ1n) is 16.0. The van der Waals surface area contributed by atoms with E-state index in [1.807, 2.05) is 109 Å². The smallest absolute Gasteiger partial charge is 0.206 e. The number of hydrogen-bond acceptors (Lipinski definition) is 4. The van der Waals surface area contributed by atoms with Gasteiger partial charge in [0.25, 0.3) is 0 Å². The zero-order chi connectivity index (χ0) is 33.5. The molecule has 0 aliphatic heterocycles. The van der Waals surface area contributed by atoms with E-state index in [1.54, 1.807) is 0 Å². The summed E-state index contributed by atoms with van der Waals surface area (Å²) in [6.07, 6.45) is 0. The molecule has 0 saturated carbocycles. The van der Waals surface area contributed by atoms with Crippen LogP contribution < -0.4 is 0 Å². The highest BCUT2D eigenvalue weighted by Crippen LogP contribution is 2.43. The summed E-state index contributed by atoms with van der Waals surface area (Å²) in [5.41, 5.74) is 6.50. The van der Waals surface area contributed by atoms with Gasteiger partial charge in [0.05, 0.1) is 9.79 Å². The monoisotopic (exact) mass is 654 g/mol. The Morgan fingerprint density at radius 1 is 0.327 bits per heavy atom. The Bertz CT molecular complexity index is 2450. The summed E-state index contributed by atoms with van der Waals surface area (Å²) in [6, 6.07) is 52.6. The molecule has 0 aliphatic carbocycles. The van der Waals surface area contributed by atoms with E-state index >= 15 is 0 Å². The van der Waals surface area contributed by atoms with Crippen LogP contribution in [0.4, 0.5) is 0 Å². The molecule has 0 fully saturated rings. The van der Waals surface area contributed by atoms with Gasteiger partial charge in [0.2, 0.25) is 9.84 Å². The minimum atomic E-state index is -4.06. The van der Waals surface area contributed by atoms with Gasteiger partial charge in [-0.25, -0.2) is 8.42 Å². The van der Waals surface area contributed by atoms with Gasteiger partial charge in [-0.1, -0.05) is 133 Å². The first-order valence-corrected chi connectivity index (χ1v) is 17.4. The van der Waals surface area contributed by atoms with Crippen LogP contribution in [0.15, 0.2) is 180 Å². The number of fused-ring (bicyclic) bond motifs is 2. The van der Waals surface area contributed by atoms with Crippen LogP contribution in [0.3, 0.4) is 0 Å². The Morgan fingerprint density at radius 2 is 0.653 bits per heavy atom. The van der Waals surface area contributed by atoms with Crippen LogP contribution >= 0.6 is 0 Å². The van der Waals surface area contributed by atoms with E-state index in [2.05, 4.69) is 24.3 Å². The van der Waals surface area contributed by atoms with Crippen LogP contribution in [0.2, 0.25) is 0 Å². The standard InChI is InChI=1S/C44H30O4S/c45-43-25-19-31(27-41(43)39-23-21-33(29-11-3-1-4-12-29)35-15-7-9-17-37(35)39)49(47,48)32-20-26-44(46)42(28-32)40-24-22-34(30-13-5-2-6-14-30)36-16-8-10-18-38(36)40/h1-28,45-46H. The fraction of sp³-hybridized carbons (Fsp3) is 0. The normalized spacial score (nSPS) is 11.6. The number of phenolic OH excluding ortho intramolecular Hbond substituents is 2. The largest absolute Gasteiger partial charge is 0.507 e. The summed E-state index contributed by atoms with van der Waals surface area (Å²) in [7, 11) is -4.06. The van der Waals surface area contributed by atoms with E-state index in [4.69, 9.17) is 0 Å². The summed E-state index contributed by atoms with van der Waals surface area (Å²) < 4.78 is 28.5. The minimum absolute atomic E-state index is 0.0204. The molecule has 4 nitrogen and oxygen atoms in total. The van der Waals surface area contributed by atoms with Gasteiger partial charge in [-0.05, 0) is 91.3 Å². The summed E-state index contributed by atoms with van der Waals surface area (Å²) in [6.45, 7) is 0. The molecule has 0 bridgehead atoms. The van der Waals surface area contributed by atoms with Crippen molar-refractivity contribution in [2.75, 3.05) is 0 Å². The molecule has 0 spiro atoms. The number of rotatable bonds is 6. The molecule has 0 saturated heterocycles. The Hall–Kier alpha value is -6.17. The van der Waals surface area contributed by atoms with E-state index in [9.17, 15) is 18.6 Å². The summed E-state index contributed by atoms with van der Waals surface area (Å²) in [5.74, 6) is -0.0409. The molecule has 0 aliphatic rings. The average Bonchev–Trinajstić information content (AvgIpc) is 3.15. The molecule has 2 N–H and O–H groups in total. The molecule has 236 valence electrons. The number of hydrogen-bond donors (Lipinski definition) is 2. The maximum absolute atomic E-state index is 14.3. The zero-order valence-electron chi connectivity index (χ0n) is 26.3. The highest BCUT2D eigenvalue weighted by molar-refractivity contribution is 7.91. The first-order chi connectivity index (χ1) is 23.9. The summed E-state index contributed by atoms with van der Waals surface area (Å²) in [5, 5.41) is 25.9. The molecule has 49 heavy (non-hydrogen) atoms. The summed E-state index contributed by atoms with van der Waals surface area (Å²) >= 11 is 0. The van der Waals surface area contributed by atoms with Crippen molar-refractivity contribution >= 4 is 31.4 Å². The van der Waals surface area contributed by atoms with Gasteiger partial charge in [-0.3, -0.25) is 0 Å². The number of benzene rings is 8. The van der Waals surface area contributed by atoms with Crippen LogP contribution in [0, 0.1) is 0 Å². The van der Waals surface area contributed by atoms with Crippen LogP contribution in [-0.2, 0) is 9.84 Å². The Morgan fingerprint density at radius 3 is 1.04 bits per heavy atom. The molecular weight excluding hydrogens is 625 g/mol. The molecule has 5 heteroatoms. The van der Waals surface area contributed by atoms with E-state index in [1.165, 1.54) is 36.4 Å². The fourth-order valence-electron chi connectivity index (χ4n) is 6.74. The Labute approximate surface area is 284 Å². The molecule has 0 radical (unpaired) electrons. The predicted octanol–water partition coefficient (Wildman–Crippen LogP) is 10.9. The van der Waals surface area contributed by atoms with E-state index < -0.39 is 9.84 Å². The second-order valence-electron chi connectivity index (χ2n) is 12.0. The van der Waals surface area contributed by atoms with Crippen molar-refractivity contribution in [2.24, 2.45) is 0 Å². The van der Waals surface area contributed by atoms with Crippen molar-refractivity contribution in [2.45, 2.75) is 9.79 Å². The molecular formula is C44H30O4S. The quantitative estimate of drug-likeness (QED) is 0.187. The van der Waals surface area contributed by atoms with Crippen molar-refractivity contribution in [1.29, 1.82) is 0 Å². The van der Waals surface area contributed by atoms with E-state index in [0.29, 0.717) is 11.1 Å².